The third-order valence-electron chi connectivity index (χ3n) is 4.44. The summed E-state index contributed by atoms with van der Waals surface area (Å²) in [4.78, 5) is 26.1. The summed E-state index contributed by atoms with van der Waals surface area (Å²) in [7, 11) is 0. The fraction of sp³-hybridized carbons (Fsp3) is 0.647. The minimum absolute atomic E-state index is 0.134. The van der Waals surface area contributed by atoms with Crippen LogP contribution in [-0.2, 0) is 14.3 Å². The second kappa shape index (κ2) is 5.14. The van der Waals surface area contributed by atoms with Crippen LogP contribution < -0.4 is 0 Å². The number of allylic oxidation sites excluding steroid dienone is 1. The number of likely N-dealkylation sites (tertiary alicyclic amines) is 1. The molecule has 0 aromatic carbocycles. The molecule has 0 aromatic rings. The lowest BCUT2D eigenvalue weighted by Crippen LogP contribution is -2.54. The zero-order chi connectivity index (χ0) is 16.0. The summed E-state index contributed by atoms with van der Waals surface area (Å²) in [6.07, 6.45) is 8.56. The van der Waals surface area contributed by atoms with Crippen LogP contribution in [0.2, 0.25) is 0 Å². The number of hydrogen-bond donors (Lipinski definition) is 0. The van der Waals surface area contributed by atoms with Gasteiger partial charge in [-0.25, -0.2) is 9.59 Å². The van der Waals surface area contributed by atoms with Gasteiger partial charge >= 0.3 is 12.1 Å². The van der Waals surface area contributed by atoms with Crippen molar-refractivity contribution >= 4 is 12.1 Å². The van der Waals surface area contributed by atoms with Gasteiger partial charge in [-0.1, -0.05) is 12.2 Å². The van der Waals surface area contributed by atoms with Gasteiger partial charge in [0.05, 0.1) is 6.04 Å². The van der Waals surface area contributed by atoms with Crippen LogP contribution in [0.15, 0.2) is 23.8 Å². The smallest absolute Gasteiger partial charge is 0.410 e. The lowest BCUT2D eigenvalue weighted by molar-refractivity contribution is -0.151. The van der Waals surface area contributed by atoms with E-state index in [0.29, 0.717) is 6.54 Å². The van der Waals surface area contributed by atoms with Crippen molar-refractivity contribution in [3.8, 4) is 0 Å². The molecule has 0 N–H and O–H groups in total. The van der Waals surface area contributed by atoms with E-state index < -0.39 is 11.2 Å². The maximum Gasteiger partial charge on any atom is 0.410 e. The second-order valence-corrected chi connectivity index (χ2v) is 7.18. The molecule has 1 saturated heterocycles. The molecule has 0 aromatic heterocycles. The molecule has 0 radical (unpaired) electrons. The highest BCUT2D eigenvalue weighted by Crippen LogP contribution is 2.45. The van der Waals surface area contributed by atoms with Crippen molar-refractivity contribution in [2.45, 2.75) is 63.7 Å². The minimum atomic E-state index is -0.681. The van der Waals surface area contributed by atoms with Crippen LogP contribution in [0.4, 0.5) is 4.79 Å². The quantitative estimate of drug-likeness (QED) is 0.699. The van der Waals surface area contributed by atoms with Crippen molar-refractivity contribution in [3.63, 3.8) is 0 Å². The molecule has 5 nitrogen and oxygen atoms in total. The largest absolute Gasteiger partial charge is 0.449 e. The monoisotopic (exact) mass is 305 g/mol. The van der Waals surface area contributed by atoms with E-state index in [0.717, 1.165) is 31.3 Å². The van der Waals surface area contributed by atoms with E-state index in [-0.39, 0.29) is 18.1 Å². The Kier molecular flexibility index (Phi) is 3.54. The molecule has 1 fully saturated rings. The third kappa shape index (κ3) is 2.53. The average Bonchev–Trinajstić information content (AvgIpc) is 2.99. The van der Waals surface area contributed by atoms with Crippen molar-refractivity contribution < 1.29 is 19.1 Å². The molecule has 0 unspecified atom stereocenters. The van der Waals surface area contributed by atoms with Crippen molar-refractivity contribution in [2.24, 2.45) is 0 Å². The number of fused-ring (bicyclic) bond motifs is 1. The molecule has 0 bridgehead atoms. The highest BCUT2D eigenvalue weighted by atomic mass is 16.6. The number of carbonyl (C=O) groups excluding carboxylic acids is 2. The zero-order valence-electron chi connectivity index (χ0n) is 13.4. The molecule has 5 heteroatoms. The summed E-state index contributed by atoms with van der Waals surface area (Å²) in [6, 6.07) is -0.134. The zero-order valence-corrected chi connectivity index (χ0v) is 13.4. The summed E-state index contributed by atoms with van der Waals surface area (Å²) in [5.74, 6) is -0.308. The standard InChI is InChI=1S/C17H23NO4/c1-16(2,3)22-15(20)18-10-6-8-13(18)17-9-5-4-7-12(17)11-14(19)21-17/h4,7,11,13H,5-6,8-10H2,1-3H3/t13-,17-/m0/s1. The predicted octanol–water partition coefficient (Wildman–Crippen LogP) is 2.96. The Morgan fingerprint density at radius 1 is 1.45 bits per heavy atom. The lowest BCUT2D eigenvalue weighted by atomic mass is 9.78. The lowest BCUT2D eigenvalue weighted by Gasteiger charge is -2.41. The Balaban J connectivity index is 1.87. The summed E-state index contributed by atoms with van der Waals surface area (Å²) >= 11 is 0. The number of amides is 1. The van der Waals surface area contributed by atoms with Crippen LogP contribution >= 0.6 is 0 Å². The van der Waals surface area contributed by atoms with Gasteiger partial charge in [0.2, 0.25) is 0 Å². The van der Waals surface area contributed by atoms with Crippen LogP contribution in [-0.4, -0.2) is 40.8 Å². The number of hydrogen-bond acceptors (Lipinski definition) is 4. The van der Waals surface area contributed by atoms with Crippen LogP contribution in [0.25, 0.3) is 0 Å². The summed E-state index contributed by atoms with van der Waals surface area (Å²) in [5.41, 5.74) is -0.317. The van der Waals surface area contributed by atoms with E-state index in [1.807, 2.05) is 26.8 Å². The number of nitrogens with zero attached hydrogens (tertiary/aromatic N) is 1. The summed E-state index contributed by atoms with van der Waals surface area (Å²) in [5, 5.41) is 0. The molecular formula is C17H23NO4. The van der Waals surface area contributed by atoms with E-state index in [2.05, 4.69) is 6.08 Å². The molecule has 1 amide bonds. The van der Waals surface area contributed by atoms with Crippen molar-refractivity contribution in [1.29, 1.82) is 0 Å². The first kappa shape index (κ1) is 15.1. The predicted molar refractivity (Wildman–Crippen MR) is 81.2 cm³/mol. The molecule has 3 aliphatic rings. The molecular weight excluding hydrogens is 282 g/mol. The highest BCUT2D eigenvalue weighted by Gasteiger charge is 2.54. The molecule has 1 aliphatic carbocycles. The van der Waals surface area contributed by atoms with Gasteiger partial charge in [-0.3, -0.25) is 0 Å². The average molecular weight is 305 g/mol. The van der Waals surface area contributed by atoms with Gasteiger partial charge in [0.25, 0.3) is 0 Å². The fourth-order valence-corrected chi connectivity index (χ4v) is 3.63. The van der Waals surface area contributed by atoms with Gasteiger partial charge in [-0.05, 0) is 46.5 Å². The Hall–Kier alpha value is -1.78. The van der Waals surface area contributed by atoms with Gasteiger partial charge in [-0.15, -0.1) is 0 Å². The van der Waals surface area contributed by atoms with Gasteiger partial charge in [0, 0.05) is 18.2 Å². The van der Waals surface area contributed by atoms with Crippen LogP contribution in [0.1, 0.15) is 46.5 Å². The summed E-state index contributed by atoms with van der Waals surface area (Å²) in [6.45, 7) is 6.23. The van der Waals surface area contributed by atoms with Crippen molar-refractivity contribution in [2.75, 3.05) is 6.54 Å². The van der Waals surface area contributed by atoms with Gasteiger partial charge < -0.3 is 14.4 Å². The number of rotatable bonds is 1. The number of carbonyl (C=O) groups is 2. The van der Waals surface area contributed by atoms with E-state index in [1.54, 1.807) is 11.0 Å². The topological polar surface area (TPSA) is 55.8 Å². The Morgan fingerprint density at radius 2 is 2.23 bits per heavy atom. The first-order valence-electron chi connectivity index (χ1n) is 7.93. The Morgan fingerprint density at radius 3 is 2.95 bits per heavy atom. The van der Waals surface area contributed by atoms with Gasteiger partial charge in [-0.2, -0.15) is 0 Å². The van der Waals surface area contributed by atoms with Crippen LogP contribution in [0.5, 0.6) is 0 Å². The number of ether oxygens (including phenoxy) is 2. The molecule has 2 heterocycles. The fourth-order valence-electron chi connectivity index (χ4n) is 3.63. The molecule has 120 valence electrons. The van der Waals surface area contributed by atoms with E-state index in [1.165, 1.54) is 0 Å². The molecule has 2 aliphatic heterocycles. The molecule has 22 heavy (non-hydrogen) atoms. The van der Waals surface area contributed by atoms with E-state index in [4.69, 9.17) is 9.47 Å². The van der Waals surface area contributed by atoms with Crippen molar-refractivity contribution in [3.05, 3.63) is 23.8 Å². The minimum Gasteiger partial charge on any atom is -0.449 e. The van der Waals surface area contributed by atoms with Crippen molar-refractivity contribution in [1.82, 2.24) is 4.90 Å². The summed E-state index contributed by atoms with van der Waals surface area (Å²) < 4.78 is 11.2. The molecule has 2 atom stereocenters. The van der Waals surface area contributed by atoms with E-state index in [9.17, 15) is 9.59 Å². The Bertz CT molecular complexity index is 557. The SMILES string of the molecule is CC(C)(C)OC(=O)N1CCC[C@H]1[C@]12CCC=CC1=CC(=O)O2. The number of esters is 1. The maximum atomic E-state index is 12.5. The molecule has 0 spiro atoms. The first-order chi connectivity index (χ1) is 10.3. The van der Waals surface area contributed by atoms with E-state index >= 15 is 0 Å². The van der Waals surface area contributed by atoms with Gasteiger partial charge in [0.15, 0.2) is 5.60 Å². The maximum absolute atomic E-state index is 12.5. The second-order valence-electron chi connectivity index (χ2n) is 7.18. The first-order valence-corrected chi connectivity index (χ1v) is 7.93. The highest BCUT2D eigenvalue weighted by molar-refractivity contribution is 5.88. The third-order valence-corrected chi connectivity index (χ3v) is 4.44. The van der Waals surface area contributed by atoms with Crippen LogP contribution in [0, 0.1) is 0 Å². The normalized spacial score (nSPS) is 30.9. The molecule has 0 saturated carbocycles. The van der Waals surface area contributed by atoms with Gasteiger partial charge in [0.1, 0.15) is 5.60 Å². The van der Waals surface area contributed by atoms with Crippen LogP contribution in [0.3, 0.4) is 0 Å². The molecule has 3 rings (SSSR count). The Labute approximate surface area is 130 Å².